The number of carboxylic acids is 1. The molecule has 0 spiro atoms. The number of anilines is 3. The van der Waals surface area contributed by atoms with E-state index in [1.165, 1.54) is 19.0 Å². The maximum atomic E-state index is 11.2. The highest BCUT2D eigenvalue weighted by Gasteiger charge is 2.22. The van der Waals surface area contributed by atoms with Crippen molar-refractivity contribution in [1.82, 2.24) is 19.7 Å². The predicted molar refractivity (Wildman–Crippen MR) is 76.7 cm³/mol. The number of aromatic carboxylic acids is 1. The standard InChI is InChI=1S/C13H16N6O2/c1-19-7-9(5-16-19)17-13-15-6-10(12(20)21)11(18-13)14-4-8-2-3-8/h5-8H,2-4H2,1H3,(H,20,21)(H2,14,15,17,18). The molecule has 0 saturated heterocycles. The van der Waals surface area contributed by atoms with Crippen LogP contribution < -0.4 is 10.6 Å². The van der Waals surface area contributed by atoms with Gasteiger partial charge in [-0.2, -0.15) is 10.1 Å². The smallest absolute Gasteiger partial charge is 0.341 e. The molecule has 1 fully saturated rings. The van der Waals surface area contributed by atoms with E-state index >= 15 is 0 Å². The van der Waals surface area contributed by atoms with E-state index < -0.39 is 5.97 Å². The van der Waals surface area contributed by atoms with Crippen molar-refractivity contribution < 1.29 is 9.90 Å². The van der Waals surface area contributed by atoms with E-state index in [0.29, 0.717) is 17.7 Å². The van der Waals surface area contributed by atoms with E-state index in [9.17, 15) is 9.90 Å². The molecule has 0 aromatic carbocycles. The second kappa shape index (κ2) is 5.39. The Labute approximate surface area is 121 Å². The molecule has 8 nitrogen and oxygen atoms in total. The third-order valence-electron chi connectivity index (χ3n) is 3.24. The molecule has 2 heterocycles. The van der Waals surface area contributed by atoms with Crippen molar-refractivity contribution in [3.05, 3.63) is 24.2 Å². The second-order valence-corrected chi connectivity index (χ2v) is 5.11. The Bertz CT molecular complexity index is 664. The van der Waals surface area contributed by atoms with Crippen molar-refractivity contribution in [2.45, 2.75) is 12.8 Å². The van der Waals surface area contributed by atoms with Crippen molar-refractivity contribution in [1.29, 1.82) is 0 Å². The number of aromatic nitrogens is 4. The van der Waals surface area contributed by atoms with Crippen molar-refractivity contribution in [3.63, 3.8) is 0 Å². The molecule has 0 aliphatic heterocycles. The zero-order valence-electron chi connectivity index (χ0n) is 11.6. The minimum Gasteiger partial charge on any atom is -0.477 e. The number of nitrogens with zero attached hydrogens (tertiary/aromatic N) is 4. The fourth-order valence-electron chi connectivity index (χ4n) is 1.91. The lowest BCUT2D eigenvalue weighted by Crippen LogP contribution is -2.12. The number of hydrogen-bond acceptors (Lipinski definition) is 6. The third-order valence-corrected chi connectivity index (χ3v) is 3.24. The minimum atomic E-state index is -1.04. The lowest BCUT2D eigenvalue weighted by molar-refractivity contribution is 0.0697. The first-order valence-electron chi connectivity index (χ1n) is 6.71. The Morgan fingerprint density at radius 3 is 2.90 bits per heavy atom. The molecule has 8 heteroatoms. The summed E-state index contributed by atoms with van der Waals surface area (Å²) in [7, 11) is 1.81. The van der Waals surface area contributed by atoms with E-state index in [1.807, 2.05) is 7.05 Å². The van der Waals surface area contributed by atoms with Crippen LogP contribution in [0.2, 0.25) is 0 Å². The molecule has 0 radical (unpaired) electrons. The number of aryl methyl sites for hydroxylation is 1. The largest absolute Gasteiger partial charge is 0.477 e. The van der Waals surface area contributed by atoms with Crippen LogP contribution in [0.4, 0.5) is 17.5 Å². The summed E-state index contributed by atoms with van der Waals surface area (Å²) in [5.41, 5.74) is 0.820. The van der Waals surface area contributed by atoms with Gasteiger partial charge in [-0.25, -0.2) is 9.78 Å². The summed E-state index contributed by atoms with van der Waals surface area (Å²) < 4.78 is 1.65. The fourth-order valence-corrected chi connectivity index (χ4v) is 1.91. The first-order chi connectivity index (χ1) is 10.1. The maximum absolute atomic E-state index is 11.2. The topological polar surface area (TPSA) is 105 Å². The van der Waals surface area contributed by atoms with Crippen LogP contribution in [0, 0.1) is 5.92 Å². The SMILES string of the molecule is Cn1cc(Nc2ncc(C(=O)O)c(NCC3CC3)n2)cn1. The van der Waals surface area contributed by atoms with Crippen LogP contribution in [0.5, 0.6) is 0 Å². The molecule has 21 heavy (non-hydrogen) atoms. The summed E-state index contributed by atoms with van der Waals surface area (Å²) in [6.45, 7) is 0.740. The normalized spacial score (nSPS) is 14.0. The third kappa shape index (κ3) is 3.28. The Hall–Kier alpha value is -2.64. The molecule has 2 aromatic rings. The van der Waals surface area contributed by atoms with Gasteiger partial charge in [-0.3, -0.25) is 4.68 Å². The quantitative estimate of drug-likeness (QED) is 0.739. The molecule has 1 aliphatic rings. The van der Waals surface area contributed by atoms with Gasteiger partial charge in [0.2, 0.25) is 5.95 Å². The van der Waals surface area contributed by atoms with E-state index in [4.69, 9.17) is 0 Å². The molecular formula is C13H16N6O2. The van der Waals surface area contributed by atoms with E-state index in [0.717, 1.165) is 12.2 Å². The average molecular weight is 288 g/mol. The van der Waals surface area contributed by atoms with Gasteiger partial charge in [0.25, 0.3) is 0 Å². The maximum Gasteiger partial charge on any atom is 0.341 e. The van der Waals surface area contributed by atoms with Gasteiger partial charge >= 0.3 is 5.97 Å². The van der Waals surface area contributed by atoms with Gasteiger partial charge in [0.15, 0.2) is 0 Å². The van der Waals surface area contributed by atoms with Gasteiger partial charge in [-0.15, -0.1) is 0 Å². The number of nitrogens with one attached hydrogen (secondary N) is 2. The monoisotopic (exact) mass is 288 g/mol. The van der Waals surface area contributed by atoms with Crippen LogP contribution in [-0.4, -0.2) is 37.4 Å². The molecule has 2 aromatic heterocycles. The molecule has 1 saturated carbocycles. The number of rotatable bonds is 6. The fraction of sp³-hybridized carbons (Fsp3) is 0.385. The van der Waals surface area contributed by atoms with Crippen LogP contribution >= 0.6 is 0 Å². The van der Waals surface area contributed by atoms with Gasteiger partial charge in [0.1, 0.15) is 11.4 Å². The molecule has 0 atom stereocenters. The summed E-state index contributed by atoms with van der Waals surface area (Å²) in [5, 5.41) is 19.3. The first-order valence-corrected chi connectivity index (χ1v) is 6.71. The highest BCUT2D eigenvalue weighted by atomic mass is 16.4. The zero-order valence-corrected chi connectivity index (χ0v) is 11.6. The molecule has 3 rings (SSSR count). The molecule has 1 aliphatic carbocycles. The van der Waals surface area contributed by atoms with Crippen LogP contribution in [-0.2, 0) is 7.05 Å². The number of carbonyl (C=O) groups is 1. The van der Waals surface area contributed by atoms with Crippen LogP contribution in [0.15, 0.2) is 18.6 Å². The van der Waals surface area contributed by atoms with Gasteiger partial charge in [-0.05, 0) is 18.8 Å². The summed E-state index contributed by atoms with van der Waals surface area (Å²) in [5.74, 6) is 0.264. The Morgan fingerprint density at radius 2 is 2.29 bits per heavy atom. The molecule has 0 unspecified atom stereocenters. The van der Waals surface area contributed by atoms with Gasteiger partial charge in [0.05, 0.1) is 11.9 Å². The number of hydrogen-bond donors (Lipinski definition) is 3. The molecular weight excluding hydrogens is 272 g/mol. The van der Waals surface area contributed by atoms with Gasteiger partial charge in [-0.1, -0.05) is 0 Å². The average Bonchev–Trinajstić information content (AvgIpc) is 3.19. The Morgan fingerprint density at radius 1 is 1.48 bits per heavy atom. The van der Waals surface area contributed by atoms with E-state index in [2.05, 4.69) is 25.7 Å². The lowest BCUT2D eigenvalue weighted by Gasteiger charge is -2.09. The zero-order chi connectivity index (χ0) is 14.8. The molecule has 110 valence electrons. The first kappa shape index (κ1) is 13.3. The molecule has 3 N–H and O–H groups in total. The second-order valence-electron chi connectivity index (χ2n) is 5.11. The van der Waals surface area contributed by atoms with Crippen LogP contribution in [0.3, 0.4) is 0 Å². The molecule has 0 amide bonds. The molecule has 0 bridgehead atoms. The van der Waals surface area contributed by atoms with E-state index in [1.54, 1.807) is 17.1 Å². The van der Waals surface area contributed by atoms with Gasteiger partial charge in [0, 0.05) is 26.0 Å². The van der Waals surface area contributed by atoms with Crippen LogP contribution in [0.1, 0.15) is 23.2 Å². The summed E-state index contributed by atoms with van der Waals surface area (Å²) in [4.78, 5) is 19.5. The lowest BCUT2D eigenvalue weighted by atomic mass is 10.3. The number of carboxylic acid groups (broad SMARTS) is 1. The van der Waals surface area contributed by atoms with Crippen molar-refractivity contribution in [2.75, 3.05) is 17.2 Å². The predicted octanol–water partition coefficient (Wildman–Crippen LogP) is 1.47. The Kier molecular flexibility index (Phi) is 3.43. The highest BCUT2D eigenvalue weighted by Crippen LogP contribution is 2.29. The Balaban J connectivity index is 1.80. The summed E-state index contributed by atoms with van der Waals surface area (Å²) in [6.07, 6.45) is 7.10. The summed E-state index contributed by atoms with van der Waals surface area (Å²) in [6, 6.07) is 0. The summed E-state index contributed by atoms with van der Waals surface area (Å²) >= 11 is 0. The highest BCUT2D eigenvalue weighted by molar-refractivity contribution is 5.93. The van der Waals surface area contributed by atoms with Crippen molar-refractivity contribution in [3.8, 4) is 0 Å². The van der Waals surface area contributed by atoms with Gasteiger partial charge < -0.3 is 15.7 Å². The minimum absolute atomic E-state index is 0.0763. The van der Waals surface area contributed by atoms with Crippen molar-refractivity contribution >= 4 is 23.4 Å². The van der Waals surface area contributed by atoms with Crippen molar-refractivity contribution in [2.24, 2.45) is 13.0 Å². The van der Waals surface area contributed by atoms with Crippen LogP contribution in [0.25, 0.3) is 0 Å². The van der Waals surface area contributed by atoms with E-state index in [-0.39, 0.29) is 5.56 Å².